The van der Waals surface area contributed by atoms with E-state index in [1.54, 1.807) is 12.1 Å². The highest BCUT2D eigenvalue weighted by molar-refractivity contribution is 5.94. The third-order valence-electron chi connectivity index (χ3n) is 4.15. The van der Waals surface area contributed by atoms with E-state index >= 15 is 0 Å². The molecule has 1 amide bonds. The predicted molar refractivity (Wildman–Crippen MR) is 97.2 cm³/mol. The second kappa shape index (κ2) is 8.43. The fourth-order valence-corrected chi connectivity index (χ4v) is 2.62. The highest BCUT2D eigenvalue weighted by Gasteiger charge is 2.18. The molecule has 0 bridgehead atoms. The number of amides is 1. The van der Waals surface area contributed by atoms with E-state index < -0.39 is 24.5 Å². The number of fused-ring (bicyclic) bond motifs is 1. The van der Waals surface area contributed by atoms with Crippen LogP contribution in [0.1, 0.15) is 39.2 Å². The summed E-state index contributed by atoms with van der Waals surface area (Å²) >= 11 is 0. The minimum atomic E-state index is -0.665. The summed E-state index contributed by atoms with van der Waals surface area (Å²) in [6, 6.07) is 10.9. The fraction of sp³-hybridized carbons (Fsp3) is 0.250. The largest absolute Gasteiger partial charge is 0.465 e. The van der Waals surface area contributed by atoms with Crippen molar-refractivity contribution < 1.29 is 33.3 Å². The molecule has 1 aliphatic rings. The number of hydrogen-bond acceptors (Lipinski definition) is 7. The van der Waals surface area contributed by atoms with E-state index in [2.05, 4.69) is 10.1 Å². The fourth-order valence-electron chi connectivity index (χ4n) is 2.62. The lowest BCUT2D eigenvalue weighted by molar-refractivity contribution is -0.124. The first-order chi connectivity index (χ1) is 13.5. The molecule has 28 heavy (non-hydrogen) atoms. The highest BCUT2D eigenvalue weighted by atomic mass is 16.7. The molecular weight excluding hydrogens is 366 g/mol. The highest BCUT2D eigenvalue weighted by Crippen LogP contribution is 2.34. The Balaban J connectivity index is 1.50. The molecule has 2 aromatic rings. The summed E-state index contributed by atoms with van der Waals surface area (Å²) in [6.07, 6.45) is 0. The maximum Gasteiger partial charge on any atom is 0.338 e. The van der Waals surface area contributed by atoms with Crippen LogP contribution in [0.2, 0.25) is 0 Å². The second-order valence-electron chi connectivity index (χ2n) is 6.05. The third kappa shape index (κ3) is 4.40. The molecule has 3 rings (SSSR count). The summed E-state index contributed by atoms with van der Waals surface area (Å²) in [4.78, 5) is 35.5. The Kier molecular flexibility index (Phi) is 5.78. The van der Waals surface area contributed by atoms with Crippen molar-refractivity contribution in [1.82, 2.24) is 5.32 Å². The zero-order valence-electron chi connectivity index (χ0n) is 15.4. The van der Waals surface area contributed by atoms with Gasteiger partial charge in [-0.25, -0.2) is 9.59 Å². The first kappa shape index (κ1) is 19.2. The van der Waals surface area contributed by atoms with Crippen molar-refractivity contribution in [3.63, 3.8) is 0 Å². The van der Waals surface area contributed by atoms with Crippen LogP contribution in [0.4, 0.5) is 0 Å². The Labute approximate surface area is 161 Å². The number of carbonyl (C=O) groups is 3. The number of nitrogens with one attached hydrogen (secondary N) is 1. The van der Waals surface area contributed by atoms with Gasteiger partial charge in [0.25, 0.3) is 5.91 Å². The van der Waals surface area contributed by atoms with Crippen LogP contribution in [0.3, 0.4) is 0 Å². The molecule has 1 heterocycles. The standard InChI is InChI=1S/C20H19NO7/c1-12(15-7-8-16-17(9-15)28-11-27-16)21-18(22)10-26-20(24)14-5-3-13(4-6-14)19(23)25-2/h3-9,12H,10-11H2,1-2H3,(H,21,22). The lowest BCUT2D eigenvalue weighted by Crippen LogP contribution is -2.31. The van der Waals surface area contributed by atoms with Crippen LogP contribution in [-0.2, 0) is 14.3 Å². The number of benzene rings is 2. The minimum absolute atomic E-state index is 0.177. The molecule has 146 valence electrons. The van der Waals surface area contributed by atoms with E-state index in [1.807, 2.05) is 13.0 Å². The summed E-state index contributed by atoms with van der Waals surface area (Å²) in [6.45, 7) is 1.56. The van der Waals surface area contributed by atoms with E-state index in [0.29, 0.717) is 17.1 Å². The van der Waals surface area contributed by atoms with Crippen LogP contribution < -0.4 is 14.8 Å². The summed E-state index contributed by atoms with van der Waals surface area (Å²) in [7, 11) is 1.27. The van der Waals surface area contributed by atoms with Crippen molar-refractivity contribution in [3.05, 3.63) is 59.2 Å². The van der Waals surface area contributed by atoms with Crippen molar-refractivity contribution in [3.8, 4) is 11.5 Å². The zero-order valence-corrected chi connectivity index (χ0v) is 15.4. The van der Waals surface area contributed by atoms with Crippen molar-refractivity contribution in [2.45, 2.75) is 13.0 Å². The molecule has 0 saturated carbocycles. The smallest absolute Gasteiger partial charge is 0.338 e. The third-order valence-corrected chi connectivity index (χ3v) is 4.15. The predicted octanol–water partition coefficient (Wildman–Crippen LogP) is 2.24. The number of esters is 2. The van der Waals surface area contributed by atoms with Gasteiger partial charge >= 0.3 is 11.9 Å². The maximum absolute atomic E-state index is 12.1. The van der Waals surface area contributed by atoms with Gasteiger partial charge in [-0.05, 0) is 48.9 Å². The molecule has 8 nitrogen and oxygen atoms in total. The molecule has 1 N–H and O–H groups in total. The Morgan fingerprint density at radius 1 is 1.00 bits per heavy atom. The average Bonchev–Trinajstić information content (AvgIpc) is 3.19. The van der Waals surface area contributed by atoms with Crippen LogP contribution in [0.25, 0.3) is 0 Å². The van der Waals surface area contributed by atoms with Crippen molar-refractivity contribution >= 4 is 17.8 Å². The van der Waals surface area contributed by atoms with Gasteiger partial charge in [0.1, 0.15) is 0 Å². The average molecular weight is 385 g/mol. The van der Waals surface area contributed by atoms with Gasteiger partial charge in [-0.1, -0.05) is 6.07 Å². The molecule has 2 aromatic carbocycles. The second-order valence-corrected chi connectivity index (χ2v) is 6.05. The Morgan fingerprint density at radius 3 is 2.32 bits per heavy atom. The van der Waals surface area contributed by atoms with E-state index in [9.17, 15) is 14.4 Å². The molecule has 0 saturated heterocycles. The van der Waals surface area contributed by atoms with E-state index in [0.717, 1.165) is 5.56 Å². The Morgan fingerprint density at radius 2 is 1.64 bits per heavy atom. The van der Waals surface area contributed by atoms with Gasteiger partial charge < -0.3 is 24.3 Å². The van der Waals surface area contributed by atoms with Gasteiger partial charge in [-0.2, -0.15) is 0 Å². The molecule has 0 fully saturated rings. The zero-order chi connectivity index (χ0) is 20.1. The molecule has 8 heteroatoms. The summed E-state index contributed by atoms with van der Waals surface area (Å²) in [5.41, 5.74) is 1.38. The van der Waals surface area contributed by atoms with Gasteiger partial charge in [-0.15, -0.1) is 0 Å². The first-order valence-electron chi connectivity index (χ1n) is 8.52. The lowest BCUT2D eigenvalue weighted by atomic mass is 10.1. The van der Waals surface area contributed by atoms with Crippen LogP contribution in [0.15, 0.2) is 42.5 Å². The van der Waals surface area contributed by atoms with Gasteiger partial charge in [0.15, 0.2) is 18.1 Å². The molecular formula is C20H19NO7. The van der Waals surface area contributed by atoms with E-state index in [4.69, 9.17) is 14.2 Å². The molecule has 0 aromatic heterocycles. The molecule has 1 atom stereocenters. The Bertz CT molecular complexity index is 892. The van der Waals surface area contributed by atoms with Crippen LogP contribution >= 0.6 is 0 Å². The summed E-state index contributed by atoms with van der Waals surface area (Å²) in [5.74, 6) is -0.321. The van der Waals surface area contributed by atoms with Crippen molar-refractivity contribution in [1.29, 1.82) is 0 Å². The van der Waals surface area contributed by atoms with E-state index in [1.165, 1.54) is 31.4 Å². The molecule has 1 unspecified atom stereocenters. The van der Waals surface area contributed by atoms with Gasteiger partial charge in [-0.3, -0.25) is 4.79 Å². The number of methoxy groups -OCH3 is 1. The monoisotopic (exact) mass is 385 g/mol. The van der Waals surface area contributed by atoms with Crippen LogP contribution in [0.5, 0.6) is 11.5 Å². The minimum Gasteiger partial charge on any atom is -0.465 e. The number of rotatable bonds is 6. The van der Waals surface area contributed by atoms with E-state index in [-0.39, 0.29) is 18.4 Å². The van der Waals surface area contributed by atoms with Gasteiger partial charge in [0, 0.05) is 0 Å². The SMILES string of the molecule is COC(=O)c1ccc(C(=O)OCC(=O)NC(C)c2ccc3c(c2)OCO3)cc1. The number of ether oxygens (including phenoxy) is 4. The summed E-state index contributed by atoms with van der Waals surface area (Å²) < 4.78 is 20.2. The maximum atomic E-state index is 12.1. The van der Waals surface area contributed by atoms with Crippen LogP contribution in [-0.4, -0.2) is 38.4 Å². The van der Waals surface area contributed by atoms with Crippen LogP contribution in [0, 0.1) is 0 Å². The Hall–Kier alpha value is -3.55. The molecule has 0 aliphatic carbocycles. The summed E-state index contributed by atoms with van der Waals surface area (Å²) in [5, 5.41) is 2.75. The normalized spacial score (nSPS) is 12.8. The molecule has 0 spiro atoms. The quantitative estimate of drug-likeness (QED) is 0.761. The lowest BCUT2D eigenvalue weighted by Gasteiger charge is -2.15. The van der Waals surface area contributed by atoms with Gasteiger partial charge in [0.05, 0.1) is 24.3 Å². The number of carbonyl (C=O) groups excluding carboxylic acids is 3. The first-order valence-corrected chi connectivity index (χ1v) is 8.52. The van der Waals surface area contributed by atoms with Crippen molar-refractivity contribution in [2.75, 3.05) is 20.5 Å². The molecule has 0 radical (unpaired) electrons. The topological polar surface area (TPSA) is 100 Å². The van der Waals surface area contributed by atoms with Gasteiger partial charge in [0.2, 0.25) is 6.79 Å². The number of hydrogen-bond donors (Lipinski definition) is 1. The molecule has 1 aliphatic heterocycles. The van der Waals surface area contributed by atoms with Crippen molar-refractivity contribution in [2.24, 2.45) is 0 Å².